The number of hydrogen-bond acceptors (Lipinski definition) is 4. The molecule has 0 aromatic heterocycles. The summed E-state index contributed by atoms with van der Waals surface area (Å²) in [7, 11) is 0. The number of ether oxygens (including phenoxy) is 2. The SMILES string of the molecule is CCOc1cc(/C=N\NC(=O)c2cccc(Cl)c2)cc(Br)c1OCc1cccc2ccccc12. The molecule has 0 radical (unpaired) electrons. The molecule has 0 fully saturated rings. The van der Waals surface area contributed by atoms with E-state index in [4.69, 9.17) is 21.1 Å². The minimum Gasteiger partial charge on any atom is -0.490 e. The molecule has 0 atom stereocenters. The molecule has 0 bridgehead atoms. The molecule has 0 spiro atoms. The van der Waals surface area contributed by atoms with Gasteiger partial charge in [-0.25, -0.2) is 5.43 Å². The van der Waals surface area contributed by atoms with E-state index in [-0.39, 0.29) is 5.91 Å². The van der Waals surface area contributed by atoms with Gasteiger partial charge in [-0.2, -0.15) is 5.10 Å². The van der Waals surface area contributed by atoms with Gasteiger partial charge in [0.15, 0.2) is 11.5 Å². The van der Waals surface area contributed by atoms with Crippen LogP contribution in [0.3, 0.4) is 0 Å². The lowest BCUT2D eigenvalue weighted by Crippen LogP contribution is -2.17. The zero-order chi connectivity index (χ0) is 23.9. The summed E-state index contributed by atoms with van der Waals surface area (Å²) < 4.78 is 12.7. The fourth-order valence-electron chi connectivity index (χ4n) is 3.49. The molecule has 0 heterocycles. The van der Waals surface area contributed by atoms with Crippen LogP contribution in [0.2, 0.25) is 5.02 Å². The van der Waals surface area contributed by atoms with Gasteiger partial charge in [-0.1, -0.05) is 60.1 Å². The summed E-state index contributed by atoms with van der Waals surface area (Å²) >= 11 is 9.53. The lowest BCUT2D eigenvalue weighted by Gasteiger charge is -2.15. The van der Waals surface area contributed by atoms with Crippen LogP contribution in [0.1, 0.15) is 28.4 Å². The predicted molar refractivity (Wildman–Crippen MR) is 140 cm³/mol. The Hall–Kier alpha value is -3.35. The van der Waals surface area contributed by atoms with E-state index in [0.717, 1.165) is 21.0 Å². The number of rotatable bonds is 8. The predicted octanol–water partition coefficient (Wildman–Crippen LogP) is 7.00. The van der Waals surface area contributed by atoms with Crippen LogP contribution < -0.4 is 14.9 Å². The molecule has 1 amide bonds. The summed E-state index contributed by atoms with van der Waals surface area (Å²) in [6.07, 6.45) is 1.55. The molecule has 0 aliphatic rings. The maximum Gasteiger partial charge on any atom is 0.271 e. The fraction of sp³-hybridized carbons (Fsp3) is 0.111. The molecule has 172 valence electrons. The molecule has 0 unspecified atom stereocenters. The van der Waals surface area contributed by atoms with E-state index in [2.05, 4.69) is 50.7 Å². The minimum absolute atomic E-state index is 0.349. The molecule has 0 aliphatic heterocycles. The summed E-state index contributed by atoms with van der Waals surface area (Å²) in [5.41, 5.74) is 4.76. The third-order valence-corrected chi connectivity index (χ3v) is 5.87. The monoisotopic (exact) mass is 536 g/mol. The van der Waals surface area contributed by atoms with Crippen LogP contribution in [-0.2, 0) is 6.61 Å². The summed E-state index contributed by atoms with van der Waals surface area (Å²) in [6.45, 7) is 2.78. The first-order valence-corrected chi connectivity index (χ1v) is 11.9. The van der Waals surface area contributed by atoms with Crippen molar-refractivity contribution in [2.24, 2.45) is 5.10 Å². The van der Waals surface area contributed by atoms with Crippen molar-refractivity contribution in [3.63, 3.8) is 0 Å². The molecular weight excluding hydrogens is 516 g/mol. The first-order valence-electron chi connectivity index (χ1n) is 10.7. The van der Waals surface area contributed by atoms with Crippen LogP contribution in [0.5, 0.6) is 11.5 Å². The van der Waals surface area contributed by atoms with E-state index in [1.54, 1.807) is 30.5 Å². The number of fused-ring (bicyclic) bond motifs is 1. The van der Waals surface area contributed by atoms with E-state index in [1.807, 2.05) is 37.3 Å². The lowest BCUT2D eigenvalue weighted by molar-refractivity contribution is 0.0955. The van der Waals surface area contributed by atoms with Crippen LogP contribution in [-0.4, -0.2) is 18.7 Å². The number of carbonyl (C=O) groups is 1. The number of benzene rings is 4. The first kappa shape index (κ1) is 23.8. The van der Waals surface area contributed by atoms with Crippen molar-refractivity contribution in [1.82, 2.24) is 5.43 Å². The van der Waals surface area contributed by atoms with Gasteiger partial charge in [-0.05, 0) is 75.1 Å². The van der Waals surface area contributed by atoms with Gasteiger partial charge in [0, 0.05) is 10.6 Å². The highest BCUT2D eigenvalue weighted by molar-refractivity contribution is 9.10. The second-order valence-electron chi connectivity index (χ2n) is 7.40. The van der Waals surface area contributed by atoms with Crippen molar-refractivity contribution in [3.05, 3.63) is 105 Å². The normalized spacial score (nSPS) is 11.0. The summed E-state index contributed by atoms with van der Waals surface area (Å²) in [5.74, 6) is 0.840. The average molecular weight is 538 g/mol. The highest BCUT2D eigenvalue weighted by Gasteiger charge is 2.13. The molecule has 4 rings (SSSR count). The molecule has 4 aromatic carbocycles. The number of hydrazone groups is 1. The van der Waals surface area contributed by atoms with Crippen molar-refractivity contribution >= 4 is 50.4 Å². The Bertz CT molecular complexity index is 1350. The number of nitrogens with one attached hydrogen (secondary N) is 1. The van der Waals surface area contributed by atoms with Gasteiger partial charge >= 0.3 is 0 Å². The molecule has 4 aromatic rings. The Labute approximate surface area is 211 Å². The van der Waals surface area contributed by atoms with Gasteiger partial charge in [0.1, 0.15) is 6.61 Å². The Morgan fingerprint density at radius 3 is 2.65 bits per heavy atom. The molecule has 7 heteroatoms. The van der Waals surface area contributed by atoms with Gasteiger partial charge in [-0.3, -0.25) is 4.79 Å². The largest absolute Gasteiger partial charge is 0.490 e. The van der Waals surface area contributed by atoms with Crippen LogP contribution in [0.15, 0.2) is 88.4 Å². The highest BCUT2D eigenvalue weighted by atomic mass is 79.9. The van der Waals surface area contributed by atoms with E-state index in [0.29, 0.717) is 35.3 Å². The van der Waals surface area contributed by atoms with Gasteiger partial charge < -0.3 is 9.47 Å². The Balaban J connectivity index is 1.51. The molecule has 1 N–H and O–H groups in total. The maximum absolute atomic E-state index is 12.3. The Morgan fingerprint density at radius 2 is 1.82 bits per heavy atom. The van der Waals surface area contributed by atoms with Crippen LogP contribution in [0.25, 0.3) is 10.8 Å². The van der Waals surface area contributed by atoms with Crippen molar-refractivity contribution in [1.29, 1.82) is 0 Å². The quantitative estimate of drug-likeness (QED) is 0.194. The molecular formula is C27H22BrClN2O3. The van der Waals surface area contributed by atoms with E-state index in [1.165, 1.54) is 5.39 Å². The summed E-state index contributed by atoms with van der Waals surface area (Å²) in [5, 5.41) is 6.87. The van der Waals surface area contributed by atoms with Crippen molar-refractivity contribution in [2.45, 2.75) is 13.5 Å². The first-order chi connectivity index (χ1) is 16.5. The molecule has 0 saturated heterocycles. The van der Waals surface area contributed by atoms with Crippen molar-refractivity contribution < 1.29 is 14.3 Å². The Kier molecular flexibility index (Phi) is 7.83. The second kappa shape index (κ2) is 11.2. The van der Waals surface area contributed by atoms with Crippen LogP contribution in [0.4, 0.5) is 0 Å². The summed E-state index contributed by atoms with van der Waals surface area (Å²) in [4.78, 5) is 12.3. The maximum atomic E-state index is 12.3. The lowest BCUT2D eigenvalue weighted by atomic mass is 10.1. The Morgan fingerprint density at radius 1 is 1.03 bits per heavy atom. The number of amides is 1. The zero-order valence-electron chi connectivity index (χ0n) is 18.4. The number of carbonyl (C=O) groups excluding carboxylic acids is 1. The second-order valence-corrected chi connectivity index (χ2v) is 8.69. The number of nitrogens with zero attached hydrogens (tertiary/aromatic N) is 1. The van der Waals surface area contributed by atoms with E-state index < -0.39 is 0 Å². The third-order valence-electron chi connectivity index (χ3n) is 5.05. The molecule has 34 heavy (non-hydrogen) atoms. The smallest absolute Gasteiger partial charge is 0.271 e. The van der Waals surface area contributed by atoms with Crippen LogP contribution in [0, 0.1) is 0 Å². The molecule has 5 nitrogen and oxygen atoms in total. The zero-order valence-corrected chi connectivity index (χ0v) is 20.8. The topological polar surface area (TPSA) is 59.9 Å². The molecule has 0 saturated carbocycles. The van der Waals surface area contributed by atoms with E-state index >= 15 is 0 Å². The van der Waals surface area contributed by atoms with E-state index in [9.17, 15) is 4.79 Å². The molecule has 0 aliphatic carbocycles. The van der Waals surface area contributed by atoms with Gasteiger partial charge in [0.05, 0.1) is 17.3 Å². The standard InChI is InChI=1S/C27H22BrClN2O3/c1-2-33-25-14-18(16-30-31-27(32)20-9-6-11-22(29)15-20)13-24(28)26(25)34-17-21-10-5-8-19-7-3-4-12-23(19)21/h3-16H,2,17H2,1H3,(H,31,32)/b30-16-. The fourth-order valence-corrected chi connectivity index (χ4v) is 4.26. The van der Waals surface area contributed by atoms with Gasteiger partial charge in [0.25, 0.3) is 5.91 Å². The van der Waals surface area contributed by atoms with Crippen LogP contribution >= 0.6 is 27.5 Å². The number of hydrogen-bond donors (Lipinski definition) is 1. The van der Waals surface area contributed by atoms with Crippen molar-refractivity contribution in [2.75, 3.05) is 6.61 Å². The third kappa shape index (κ3) is 5.76. The summed E-state index contributed by atoms with van der Waals surface area (Å²) in [6, 6.07) is 24.7. The highest BCUT2D eigenvalue weighted by Crippen LogP contribution is 2.37. The van der Waals surface area contributed by atoms with Crippen molar-refractivity contribution in [3.8, 4) is 11.5 Å². The number of halogens is 2. The minimum atomic E-state index is -0.349. The average Bonchev–Trinajstić information content (AvgIpc) is 2.84. The van der Waals surface area contributed by atoms with Gasteiger partial charge in [-0.15, -0.1) is 0 Å². The van der Waals surface area contributed by atoms with Gasteiger partial charge in [0.2, 0.25) is 0 Å².